The highest BCUT2D eigenvalue weighted by Gasteiger charge is 2.31. The summed E-state index contributed by atoms with van der Waals surface area (Å²) in [4.78, 5) is 11.0. The summed E-state index contributed by atoms with van der Waals surface area (Å²) in [6.07, 6.45) is -4.52. The predicted molar refractivity (Wildman–Crippen MR) is 47.5 cm³/mol. The second-order valence-corrected chi connectivity index (χ2v) is 2.77. The SMILES string of the molecule is NNC(=O)c1cc(C(F)(F)F)ccc1N. The molecule has 7 heteroatoms. The molecule has 0 fully saturated rings. The molecule has 1 aromatic rings. The van der Waals surface area contributed by atoms with Crippen molar-refractivity contribution in [2.75, 3.05) is 5.73 Å². The van der Waals surface area contributed by atoms with Crippen LogP contribution in [0.1, 0.15) is 15.9 Å². The number of nitrogens with two attached hydrogens (primary N) is 2. The molecule has 15 heavy (non-hydrogen) atoms. The third-order valence-corrected chi connectivity index (χ3v) is 1.76. The molecule has 0 saturated heterocycles. The largest absolute Gasteiger partial charge is 0.416 e. The van der Waals surface area contributed by atoms with Crippen molar-refractivity contribution in [2.45, 2.75) is 6.18 Å². The van der Waals surface area contributed by atoms with Gasteiger partial charge in [0.2, 0.25) is 0 Å². The minimum absolute atomic E-state index is 0.0639. The first-order chi connectivity index (χ1) is 6.86. The number of rotatable bonds is 1. The highest BCUT2D eigenvalue weighted by Crippen LogP contribution is 2.31. The number of amides is 1. The fourth-order valence-corrected chi connectivity index (χ4v) is 1.01. The topological polar surface area (TPSA) is 81.1 Å². The number of hydrogen-bond donors (Lipinski definition) is 3. The first kappa shape index (κ1) is 11.3. The van der Waals surface area contributed by atoms with Gasteiger partial charge in [-0.2, -0.15) is 13.2 Å². The van der Waals surface area contributed by atoms with Crippen LogP contribution in [0.3, 0.4) is 0 Å². The molecule has 1 rings (SSSR count). The quantitative estimate of drug-likeness (QED) is 0.284. The van der Waals surface area contributed by atoms with Crippen LogP contribution in [0.25, 0.3) is 0 Å². The molecule has 0 radical (unpaired) electrons. The van der Waals surface area contributed by atoms with Crippen molar-refractivity contribution in [2.24, 2.45) is 5.84 Å². The van der Waals surface area contributed by atoms with E-state index < -0.39 is 17.6 Å². The van der Waals surface area contributed by atoms with E-state index in [4.69, 9.17) is 11.6 Å². The van der Waals surface area contributed by atoms with Crippen LogP contribution in [-0.4, -0.2) is 5.91 Å². The van der Waals surface area contributed by atoms with E-state index in [1.54, 1.807) is 5.43 Å². The van der Waals surface area contributed by atoms with Gasteiger partial charge in [0.15, 0.2) is 0 Å². The lowest BCUT2D eigenvalue weighted by molar-refractivity contribution is -0.137. The number of halogens is 3. The van der Waals surface area contributed by atoms with Gasteiger partial charge in [-0.1, -0.05) is 0 Å². The Morgan fingerprint density at radius 3 is 2.40 bits per heavy atom. The van der Waals surface area contributed by atoms with E-state index in [0.717, 1.165) is 12.1 Å². The number of nitrogen functional groups attached to an aromatic ring is 2. The average Bonchev–Trinajstić information content (AvgIpc) is 2.15. The molecule has 0 aliphatic carbocycles. The summed E-state index contributed by atoms with van der Waals surface area (Å²) < 4.78 is 36.8. The van der Waals surface area contributed by atoms with Crippen LogP contribution >= 0.6 is 0 Å². The van der Waals surface area contributed by atoms with Gasteiger partial charge in [-0.25, -0.2) is 5.84 Å². The van der Waals surface area contributed by atoms with Gasteiger partial charge in [-0.3, -0.25) is 10.2 Å². The number of hydrazine groups is 1. The lowest BCUT2D eigenvalue weighted by Gasteiger charge is -2.09. The van der Waals surface area contributed by atoms with Gasteiger partial charge in [0.1, 0.15) is 0 Å². The molecule has 82 valence electrons. The monoisotopic (exact) mass is 219 g/mol. The molecular formula is C8H8F3N3O. The van der Waals surface area contributed by atoms with Crippen LogP contribution in [0.5, 0.6) is 0 Å². The Bertz CT molecular complexity index is 389. The first-order valence-corrected chi connectivity index (χ1v) is 3.84. The zero-order chi connectivity index (χ0) is 11.6. The Kier molecular flexibility index (Phi) is 2.85. The molecule has 5 N–H and O–H groups in total. The van der Waals surface area contributed by atoms with Gasteiger partial charge >= 0.3 is 6.18 Å². The van der Waals surface area contributed by atoms with Gasteiger partial charge in [-0.05, 0) is 18.2 Å². The van der Waals surface area contributed by atoms with Gasteiger partial charge in [0.25, 0.3) is 5.91 Å². The summed E-state index contributed by atoms with van der Waals surface area (Å²) >= 11 is 0. The zero-order valence-corrected chi connectivity index (χ0v) is 7.43. The lowest BCUT2D eigenvalue weighted by atomic mass is 10.1. The molecule has 0 bridgehead atoms. The minimum Gasteiger partial charge on any atom is -0.398 e. The zero-order valence-electron chi connectivity index (χ0n) is 7.43. The summed E-state index contributed by atoms with van der Waals surface area (Å²) in [6, 6.07) is 2.45. The predicted octanol–water partition coefficient (Wildman–Crippen LogP) is 0.891. The van der Waals surface area contributed by atoms with Crippen molar-refractivity contribution < 1.29 is 18.0 Å². The summed E-state index contributed by atoms with van der Waals surface area (Å²) in [6.45, 7) is 0. The Hall–Kier alpha value is -1.76. The highest BCUT2D eigenvalue weighted by molar-refractivity contribution is 5.98. The maximum atomic E-state index is 12.3. The summed E-state index contributed by atoms with van der Waals surface area (Å²) in [7, 11) is 0. The molecule has 1 amide bonds. The number of alkyl halides is 3. The smallest absolute Gasteiger partial charge is 0.398 e. The molecule has 0 aliphatic heterocycles. The van der Waals surface area contributed by atoms with Crippen LogP contribution in [0.15, 0.2) is 18.2 Å². The van der Waals surface area contributed by atoms with Crippen LogP contribution in [0.2, 0.25) is 0 Å². The fourth-order valence-electron chi connectivity index (χ4n) is 1.01. The highest BCUT2D eigenvalue weighted by atomic mass is 19.4. The molecule has 0 aliphatic rings. The summed E-state index contributed by atoms with van der Waals surface area (Å²) in [5.41, 5.74) is 5.73. The maximum Gasteiger partial charge on any atom is 0.416 e. The number of hydrogen-bond acceptors (Lipinski definition) is 3. The van der Waals surface area contributed by atoms with E-state index in [2.05, 4.69) is 0 Å². The Balaban J connectivity index is 3.23. The number of carbonyl (C=O) groups is 1. The normalized spacial score (nSPS) is 11.2. The standard InChI is InChI=1S/C8H8F3N3O/c9-8(10,11)4-1-2-6(12)5(3-4)7(15)14-13/h1-3H,12-13H2,(H,14,15). The van der Waals surface area contributed by atoms with Crippen LogP contribution in [0.4, 0.5) is 18.9 Å². The van der Waals surface area contributed by atoms with Gasteiger partial charge in [0.05, 0.1) is 11.1 Å². The number of nitrogens with one attached hydrogen (secondary N) is 1. The second kappa shape index (κ2) is 3.77. The van der Waals surface area contributed by atoms with Crippen molar-refractivity contribution in [3.05, 3.63) is 29.3 Å². The van der Waals surface area contributed by atoms with Crippen molar-refractivity contribution >= 4 is 11.6 Å². The molecule has 4 nitrogen and oxygen atoms in total. The molecule has 0 unspecified atom stereocenters. The van der Waals surface area contributed by atoms with E-state index in [1.165, 1.54) is 0 Å². The van der Waals surface area contributed by atoms with E-state index in [0.29, 0.717) is 6.07 Å². The lowest BCUT2D eigenvalue weighted by Crippen LogP contribution is -2.30. The number of benzene rings is 1. The molecule has 0 atom stereocenters. The molecule has 0 aromatic heterocycles. The maximum absolute atomic E-state index is 12.3. The Labute approximate surface area is 83.0 Å². The number of carbonyl (C=O) groups excluding carboxylic acids is 1. The number of anilines is 1. The van der Waals surface area contributed by atoms with Crippen molar-refractivity contribution in [3.63, 3.8) is 0 Å². The first-order valence-electron chi connectivity index (χ1n) is 3.84. The van der Waals surface area contributed by atoms with Crippen molar-refractivity contribution in [1.82, 2.24) is 5.43 Å². The Morgan fingerprint density at radius 2 is 1.93 bits per heavy atom. The van der Waals surface area contributed by atoms with Crippen molar-refractivity contribution in [1.29, 1.82) is 0 Å². The van der Waals surface area contributed by atoms with Crippen LogP contribution in [-0.2, 0) is 6.18 Å². The van der Waals surface area contributed by atoms with Gasteiger partial charge in [-0.15, -0.1) is 0 Å². The second-order valence-electron chi connectivity index (χ2n) is 2.77. The van der Waals surface area contributed by atoms with E-state index >= 15 is 0 Å². The molecule has 0 heterocycles. The molecular weight excluding hydrogens is 211 g/mol. The van der Waals surface area contributed by atoms with E-state index in [9.17, 15) is 18.0 Å². The van der Waals surface area contributed by atoms with Gasteiger partial charge < -0.3 is 5.73 Å². The summed E-state index contributed by atoms with van der Waals surface area (Å²) in [5.74, 6) is 3.93. The molecule has 0 saturated carbocycles. The van der Waals surface area contributed by atoms with Crippen LogP contribution in [0, 0.1) is 0 Å². The van der Waals surface area contributed by atoms with Crippen LogP contribution < -0.4 is 17.0 Å². The summed E-state index contributed by atoms with van der Waals surface area (Å²) in [5, 5.41) is 0. The Morgan fingerprint density at radius 1 is 1.33 bits per heavy atom. The molecule has 1 aromatic carbocycles. The van der Waals surface area contributed by atoms with E-state index in [1.807, 2.05) is 0 Å². The third kappa shape index (κ3) is 2.38. The minimum atomic E-state index is -4.52. The average molecular weight is 219 g/mol. The van der Waals surface area contributed by atoms with E-state index in [-0.39, 0.29) is 11.3 Å². The van der Waals surface area contributed by atoms with Crippen molar-refractivity contribution in [3.8, 4) is 0 Å². The fraction of sp³-hybridized carbons (Fsp3) is 0.125. The van der Waals surface area contributed by atoms with Gasteiger partial charge in [0, 0.05) is 5.69 Å². The molecule has 0 spiro atoms. The third-order valence-electron chi connectivity index (χ3n) is 1.76.